The standard InChI is InChI=1S/C13H19N3O4/c1-4-7-9-10(20-13(2,3)19-9)11(18-7)16-6-5-8(14)15-12(16)17/h5-7,9-11H,4H2,1-3H3,(H2,14,15,17)/t7-,9?,10+,11-/m1/s1/i4D2. The molecular weight excluding hydrogens is 262 g/mol. The number of fused-ring (bicyclic) bond motifs is 1. The van der Waals surface area contributed by atoms with Crippen molar-refractivity contribution >= 4 is 5.82 Å². The van der Waals surface area contributed by atoms with Crippen molar-refractivity contribution in [3.8, 4) is 0 Å². The molecule has 2 saturated heterocycles. The Hall–Kier alpha value is -1.44. The molecule has 1 aromatic rings. The first kappa shape index (κ1) is 11.2. The second-order valence-corrected chi connectivity index (χ2v) is 5.34. The molecule has 0 aromatic carbocycles. The monoisotopic (exact) mass is 283 g/mol. The summed E-state index contributed by atoms with van der Waals surface area (Å²) in [5, 5.41) is 0. The molecule has 2 aliphatic heterocycles. The summed E-state index contributed by atoms with van der Waals surface area (Å²) < 4.78 is 34.5. The molecule has 0 bridgehead atoms. The van der Waals surface area contributed by atoms with Crippen LogP contribution in [0.1, 0.15) is 36.1 Å². The molecule has 110 valence electrons. The molecule has 0 saturated carbocycles. The maximum Gasteiger partial charge on any atom is 0.351 e. The lowest BCUT2D eigenvalue weighted by Crippen LogP contribution is -2.35. The average molecular weight is 283 g/mol. The van der Waals surface area contributed by atoms with E-state index in [9.17, 15) is 4.79 Å². The summed E-state index contributed by atoms with van der Waals surface area (Å²) in [7, 11) is 0. The van der Waals surface area contributed by atoms with Crippen LogP contribution in [0.25, 0.3) is 0 Å². The first-order chi connectivity index (χ1) is 10.1. The summed E-state index contributed by atoms with van der Waals surface area (Å²) in [5.74, 6) is -0.756. The van der Waals surface area contributed by atoms with Crippen LogP contribution in [0.4, 0.5) is 5.82 Å². The summed E-state index contributed by atoms with van der Waals surface area (Å²) in [6, 6.07) is 1.48. The van der Waals surface area contributed by atoms with Gasteiger partial charge in [-0.15, -0.1) is 0 Å². The van der Waals surface area contributed by atoms with Crippen molar-refractivity contribution in [3.63, 3.8) is 0 Å². The Bertz CT molecular complexity index is 643. The van der Waals surface area contributed by atoms with E-state index in [0.717, 1.165) is 0 Å². The Morgan fingerprint density at radius 2 is 2.20 bits per heavy atom. The second-order valence-electron chi connectivity index (χ2n) is 5.34. The SMILES string of the molecule is [2H]C([2H])(C)[C@H]1O[C@@H](n2ccc(N)nc2=O)[C@H]2OC(C)(C)OC21. The molecule has 0 aliphatic carbocycles. The van der Waals surface area contributed by atoms with Crippen LogP contribution in [-0.4, -0.2) is 33.7 Å². The summed E-state index contributed by atoms with van der Waals surface area (Å²) in [4.78, 5) is 15.7. The highest BCUT2D eigenvalue weighted by atomic mass is 16.8. The number of aromatic nitrogens is 2. The van der Waals surface area contributed by atoms with Crippen LogP contribution in [0.15, 0.2) is 17.1 Å². The molecule has 1 unspecified atom stereocenters. The highest BCUT2D eigenvalue weighted by Crippen LogP contribution is 2.43. The van der Waals surface area contributed by atoms with E-state index in [2.05, 4.69) is 4.98 Å². The van der Waals surface area contributed by atoms with Gasteiger partial charge in [0.25, 0.3) is 0 Å². The minimum absolute atomic E-state index is 0.113. The van der Waals surface area contributed by atoms with E-state index < -0.39 is 42.4 Å². The zero-order chi connectivity index (χ0) is 16.3. The van der Waals surface area contributed by atoms with Gasteiger partial charge in [0.05, 0.1) is 6.10 Å². The third kappa shape index (κ3) is 2.11. The Kier molecular flexibility index (Phi) is 2.55. The number of ether oxygens (including phenoxy) is 3. The molecular formula is C13H19N3O4. The fraction of sp³-hybridized carbons (Fsp3) is 0.692. The van der Waals surface area contributed by atoms with Crippen LogP contribution >= 0.6 is 0 Å². The lowest BCUT2D eigenvalue weighted by Gasteiger charge is -2.24. The minimum Gasteiger partial charge on any atom is -0.383 e. The molecule has 1 aromatic heterocycles. The molecule has 3 rings (SSSR count). The lowest BCUT2D eigenvalue weighted by atomic mass is 10.1. The first-order valence-electron chi connectivity index (χ1n) is 7.44. The van der Waals surface area contributed by atoms with Crippen molar-refractivity contribution in [2.45, 2.75) is 57.5 Å². The largest absolute Gasteiger partial charge is 0.383 e. The lowest BCUT2D eigenvalue weighted by molar-refractivity contribution is -0.197. The van der Waals surface area contributed by atoms with Gasteiger partial charge in [0, 0.05) is 8.94 Å². The van der Waals surface area contributed by atoms with E-state index in [4.69, 9.17) is 22.7 Å². The number of nitrogens with zero attached hydrogens (tertiary/aromatic N) is 2. The molecule has 4 atom stereocenters. The van der Waals surface area contributed by atoms with Gasteiger partial charge < -0.3 is 19.9 Å². The molecule has 2 N–H and O–H groups in total. The normalized spacial score (nSPS) is 37.4. The van der Waals surface area contributed by atoms with Gasteiger partial charge in [-0.2, -0.15) is 4.98 Å². The van der Waals surface area contributed by atoms with Crippen molar-refractivity contribution < 1.29 is 17.0 Å². The minimum atomic E-state index is -1.65. The van der Waals surface area contributed by atoms with E-state index in [1.807, 2.05) is 0 Å². The van der Waals surface area contributed by atoms with E-state index in [1.54, 1.807) is 13.8 Å². The molecule has 2 aliphatic rings. The summed E-state index contributed by atoms with van der Waals surface area (Å²) >= 11 is 0. The molecule has 0 spiro atoms. The van der Waals surface area contributed by atoms with Gasteiger partial charge in [0.2, 0.25) is 0 Å². The van der Waals surface area contributed by atoms with Crippen molar-refractivity contribution in [2.75, 3.05) is 5.73 Å². The predicted octanol–water partition coefficient (Wildman–Crippen LogP) is 0.653. The first-order valence-corrected chi connectivity index (χ1v) is 6.44. The fourth-order valence-electron chi connectivity index (χ4n) is 2.65. The van der Waals surface area contributed by atoms with Crippen molar-refractivity contribution in [2.24, 2.45) is 0 Å². The molecule has 0 amide bonds. The van der Waals surface area contributed by atoms with Crippen LogP contribution in [0.2, 0.25) is 0 Å². The number of nitrogen functional groups attached to an aromatic ring is 1. The van der Waals surface area contributed by atoms with Gasteiger partial charge in [-0.1, -0.05) is 6.92 Å². The third-order valence-corrected chi connectivity index (χ3v) is 3.44. The summed E-state index contributed by atoms with van der Waals surface area (Å²) in [6.07, 6.45) is -3.05. The Labute approximate surface area is 119 Å². The average Bonchev–Trinajstić information content (AvgIpc) is 2.82. The number of hydrogen-bond acceptors (Lipinski definition) is 6. The number of hydrogen-bond donors (Lipinski definition) is 1. The zero-order valence-electron chi connectivity index (χ0n) is 13.6. The number of rotatable bonds is 2. The Morgan fingerprint density at radius 3 is 2.85 bits per heavy atom. The third-order valence-electron chi connectivity index (χ3n) is 3.44. The van der Waals surface area contributed by atoms with Gasteiger partial charge in [0.1, 0.15) is 18.0 Å². The number of anilines is 1. The van der Waals surface area contributed by atoms with E-state index in [-0.39, 0.29) is 5.82 Å². The molecule has 20 heavy (non-hydrogen) atoms. The topological polar surface area (TPSA) is 88.6 Å². The quantitative estimate of drug-likeness (QED) is 0.857. The molecule has 7 heteroatoms. The predicted molar refractivity (Wildman–Crippen MR) is 70.9 cm³/mol. The van der Waals surface area contributed by atoms with Crippen LogP contribution in [0, 0.1) is 0 Å². The van der Waals surface area contributed by atoms with E-state index in [1.165, 1.54) is 23.8 Å². The highest BCUT2D eigenvalue weighted by molar-refractivity contribution is 5.23. The molecule has 7 nitrogen and oxygen atoms in total. The van der Waals surface area contributed by atoms with E-state index >= 15 is 0 Å². The van der Waals surface area contributed by atoms with Crippen molar-refractivity contribution in [1.82, 2.24) is 9.55 Å². The Balaban J connectivity index is 2.00. The van der Waals surface area contributed by atoms with E-state index in [0.29, 0.717) is 0 Å². The fourth-order valence-corrected chi connectivity index (χ4v) is 2.65. The van der Waals surface area contributed by atoms with Crippen LogP contribution in [-0.2, 0) is 14.2 Å². The van der Waals surface area contributed by atoms with Crippen molar-refractivity contribution in [1.29, 1.82) is 0 Å². The maximum absolute atomic E-state index is 12.0. The van der Waals surface area contributed by atoms with Gasteiger partial charge in [-0.05, 0) is 26.3 Å². The maximum atomic E-state index is 12.0. The van der Waals surface area contributed by atoms with Gasteiger partial charge in [0.15, 0.2) is 12.0 Å². The van der Waals surface area contributed by atoms with Crippen LogP contribution in [0.5, 0.6) is 0 Å². The summed E-state index contributed by atoms with van der Waals surface area (Å²) in [6.45, 7) is 4.90. The van der Waals surface area contributed by atoms with Gasteiger partial charge in [-0.25, -0.2) is 4.79 Å². The summed E-state index contributed by atoms with van der Waals surface area (Å²) in [5.41, 5.74) is 4.92. The highest BCUT2D eigenvalue weighted by Gasteiger charge is 2.55. The van der Waals surface area contributed by atoms with Crippen molar-refractivity contribution in [3.05, 3.63) is 22.7 Å². The zero-order valence-corrected chi connectivity index (χ0v) is 11.6. The molecule has 3 heterocycles. The van der Waals surface area contributed by atoms with Gasteiger partial charge >= 0.3 is 5.69 Å². The van der Waals surface area contributed by atoms with Crippen LogP contribution < -0.4 is 11.4 Å². The molecule has 0 radical (unpaired) electrons. The van der Waals surface area contributed by atoms with Crippen LogP contribution in [0.3, 0.4) is 0 Å². The second kappa shape index (κ2) is 4.54. The van der Waals surface area contributed by atoms with Gasteiger partial charge in [-0.3, -0.25) is 4.57 Å². The Morgan fingerprint density at radius 1 is 1.50 bits per heavy atom. The smallest absolute Gasteiger partial charge is 0.351 e. The number of nitrogens with two attached hydrogens (primary N) is 1. The molecule has 2 fully saturated rings.